The molecule has 1 heterocycles. The predicted octanol–water partition coefficient (Wildman–Crippen LogP) is 5.79. The molecule has 7 nitrogen and oxygen atoms in total. The van der Waals surface area contributed by atoms with Crippen molar-refractivity contribution in [2.75, 3.05) is 13.7 Å². The number of rotatable bonds is 3. The summed E-state index contributed by atoms with van der Waals surface area (Å²) in [6.45, 7) is 17.0. The molecule has 0 aromatic carbocycles. The molecule has 6 rings (SSSR count). The summed E-state index contributed by atoms with van der Waals surface area (Å²) in [4.78, 5) is 13.5. The Kier molecular flexibility index (Phi) is 7.62. The molecule has 7 heteroatoms. The largest absolute Gasteiger partial charge is 0.469 e. The first-order valence-electron chi connectivity index (χ1n) is 17.1. The Labute approximate surface area is 259 Å². The zero-order valence-electron chi connectivity index (χ0n) is 27.9. The minimum atomic E-state index is -1.27. The number of ether oxygens (including phenoxy) is 3. The SMILES string of the molecule is COC(=O)[C@]12CCC(C)(C)C[C@H]1C1=CC[C@@H]3[C@@]4(C)CC[C@H](O[C@H]5OC[C@@H](O)[C@@H](O)[C@@H]5O)C(C)(C)[C@@H]4CC[C@@]3(C)[C@]1(C)CC2. The van der Waals surface area contributed by atoms with Crippen LogP contribution in [-0.4, -0.2) is 65.7 Å². The fourth-order valence-electron chi connectivity index (χ4n) is 12.1. The molecule has 0 aromatic heterocycles. The van der Waals surface area contributed by atoms with Crippen molar-refractivity contribution in [2.45, 2.75) is 143 Å². The summed E-state index contributed by atoms with van der Waals surface area (Å²) >= 11 is 0. The Hall–Kier alpha value is -0.990. The highest BCUT2D eigenvalue weighted by Crippen LogP contribution is 2.76. The summed E-state index contributed by atoms with van der Waals surface area (Å²) in [6.07, 6.45) is 8.16. The molecule has 6 aliphatic rings. The summed E-state index contributed by atoms with van der Waals surface area (Å²) in [5.74, 6) is 1.23. The van der Waals surface area contributed by atoms with Crippen molar-refractivity contribution in [1.82, 2.24) is 0 Å². The second-order valence-corrected chi connectivity index (χ2v) is 17.6. The lowest BCUT2D eigenvalue weighted by Crippen LogP contribution is -2.65. The lowest BCUT2D eigenvalue weighted by atomic mass is 9.33. The molecule has 0 unspecified atom stereocenters. The number of aliphatic hydroxyl groups is 3. The van der Waals surface area contributed by atoms with Gasteiger partial charge in [-0.1, -0.05) is 60.1 Å². The van der Waals surface area contributed by atoms with Crippen LogP contribution in [0, 0.1) is 50.2 Å². The van der Waals surface area contributed by atoms with Crippen molar-refractivity contribution < 1.29 is 34.3 Å². The molecule has 0 radical (unpaired) electrons. The zero-order chi connectivity index (χ0) is 31.4. The van der Waals surface area contributed by atoms with Crippen LogP contribution in [0.2, 0.25) is 0 Å². The maximum Gasteiger partial charge on any atom is 0.312 e. The van der Waals surface area contributed by atoms with Crippen LogP contribution in [0.3, 0.4) is 0 Å². The molecule has 43 heavy (non-hydrogen) atoms. The molecule has 244 valence electrons. The number of hydrogen-bond acceptors (Lipinski definition) is 7. The van der Waals surface area contributed by atoms with Crippen LogP contribution in [0.1, 0.15) is 113 Å². The molecule has 0 amide bonds. The van der Waals surface area contributed by atoms with E-state index in [0.717, 1.165) is 64.2 Å². The van der Waals surface area contributed by atoms with Gasteiger partial charge in [0.15, 0.2) is 6.29 Å². The van der Waals surface area contributed by atoms with Gasteiger partial charge in [0.05, 0.1) is 25.2 Å². The van der Waals surface area contributed by atoms with Crippen LogP contribution in [0.15, 0.2) is 11.6 Å². The first-order valence-corrected chi connectivity index (χ1v) is 17.1. The fourth-order valence-corrected chi connectivity index (χ4v) is 12.1. The summed E-state index contributed by atoms with van der Waals surface area (Å²) in [7, 11) is 1.57. The van der Waals surface area contributed by atoms with Crippen LogP contribution in [0.4, 0.5) is 0 Å². The van der Waals surface area contributed by atoms with Crippen LogP contribution < -0.4 is 0 Å². The molecule has 5 aliphatic carbocycles. The van der Waals surface area contributed by atoms with Gasteiger partial charge in [0, 0.05) is 0 Å². The first kappa shape index (κ1) is 32.0. The van der Waals surface area contributed by atoms with Gasteiger partial charge >= 0.3 is 5.97 Å². The van der Waals surface area contributed by atoms with Gasteiger partial charge in [-0.25, -0.2) is 0 Å². The van der Waals surface area contributed by atoms with E-state index in [1.165, 1.54) is 0 Å². The second kappa shape index (κ2) is 10.3. The third-order valence-corrected chi connectivity index (χ3v) is 14.9. The van der Waals surface area contributed by atoms with Gasteiger partial charge in [-0.3, -0.25) is 4.79 Å². The number of fused-ring (bicyclic) bond motifs is 7. The minimum absolute atomic E-state index is 0.00746. The van der Waals surface area contributed by atoms with Crippen LogP contribution in [-0.2, 0) is 19.0 Å². The van der Waals surface area contributed by atoms with E-state index in [1.54, 1.807) is 12.7 Å². The number of carbonyl (C=O) groups excluding carboxylic acids is 1. The van der Waals surface area contributed by atoms with Crippen LogP contribution in [0.25, 0.3) is 0 Å². The molecule has 5 fully saturated rings. The van der Waals surface area contributed by atoms with E-state index in [9.17, 15) is 20.1 Å². The number of esters is 1. The highest BCUT2D eigenvalue weighted by atomic mass is 16.7. The summed E-state index contributed by atoms with van der Waals surface area (Å²) in [6, 6.07) is 0. The topological polar surface area (TPSA) is 105 Å². The number of carbonyl (C=O) groups is 1. The van der Waals surface area contributed by atoms with E-state index in [1.807, 2.05) is 0 Å². The highest BCUT2D eigenvalue weighted by molar-refractivity contribution is 5.78. The van der Waals surface area contributed by atoms with E-state index in [0.29, 0.717) is 11.8 Å². The Bertz CT molecular complexity index is 1150. The number of methoxy groups -OCH3 is 1. The van der Waals surface area contributed by atoms with E-state index in [-0.39, 0.29) is 57.1 Å². The van der Waals surface area contributed by atoms with Crippen molar-refractivity contribution in [2.24, 2.45) is 50.2 Å². The van der Waals surface area contributed by atoms with E-state index in [2.05, 4.69) is 54.5 Å². The van der Waals surface area contributed by atoms with Gasteiger partial charge in [-0.05, 0) is 109 Å². The average Bonchev–Trinajstić information content (AvgIpc) is 2.94. The maximum atomic E-state index is 13.5. The Morgan fingerprint density at radius 2 is 1.58 bits per heavy atom. The van der Waals surface area contributed by atoms with E-state index in [4.69, 9.17) is 14.2 Å². The Balaban J connectivity index is 1.30. The molecule has 0 aromatic rings. The van der Waals surface area contributed by atoms with Crippen molar-refractivity contribution in [3.63, 3.8) is 0 Å². The van der Waals surface area contributed by atoms with E-state index < -0.39 is 24.6 Å². The first-order chi connectivity index (χ1) is 20.0. The van der Waals surface area contributed by atoms with Crippen molar-refractivity contribution in [3.8, 4) is 0 Å². The maximum absolute atomic E-state index is 13.5. The Morgan fingerprint density at radius 3 is 2.28 bits per heavy atom. The minimum Gasteiger partial charge on any atom is -0.469 e. The normalized spacial score (nSPS) is 52.0. The van der Waals surface area contributed by atoms with Gasteiger partial charge in [0.25, 0.3) is 0 Å². The number of hydrogen-bond donors (Lipinski definition) is 3. The smallest absolute Gasteiger partial charge is 0.312 e. The number of allylic oxidation sites excluding steroid dienone is 2. The van der Waals surface area contributed by atoms with Gasteiger partial charge in [-0.15, -0.1) is 0 Å². The molecular weight excluding hydrogens is 544 g/mol. The summed E-state index contributed by atoms with van der Waals surface area (Å²) < 4.78 is 17.7. The predicted molar refractivity (Wildman–Crippen MR) is 164 cm³/mol. The third kappa shape index (κ3) is 4.41. The van der Waals surface area contributed by atoms with Gasteiger partial charge < -0.3 is 29.5 Å². The lowest BCUT2D eigenvalue weighted by molar-refractivity contribution is -0.308. The third-order valence-electron chi connectivity index (χ3n) is 14.9. The average molecular weight is 603 g/mol. The van der Waals surface area contributed by atoms with Gasteiger partial charge in [0.2, 0.25) is 0 Å². The molecule has 4 saturated carbocycles. The molecule has 0 bridgehead atoms. The summed E-state index contributed by atoms with van der Waals surface area (Å²) in [5.41, 5.74) is 1.56. The molecule has 3 N–H and O–H groups in total. The molecule has 1 aliphatic heterocycles. The molecule has 0 spiro atoms. The lowest BCUT2D eigenvalue weighted by Gasteiger charge is -2.71. The van der Waals surface area contributed by atoms with Crippen molar-refractivity contribution >= 4 is 5.97 Å². The summed E-state index contributed by atoms with van der Waals surface area (Å²) in [5, 5.41) is 30.8. The van der Waals surface area contributed by atoms with Crippen LogP contribution in [0.5, 0.6) is 0 Å². The van der Waals surface area contributed by atoms with Gasteiger partial charge in [0.1, 0.15) is 18.3 Å². The highest BCUT2D eigenvalue weighted by Gasteiger charge is 2.69. The van der Waals surface area contributed by atoms with Crippen molar-refractivity contribution in [3.05, 3.63) is 11.6 Å². The molecule has 1 saturated heterocycles. The standard InChI is InChI=1S/C36H58O7/c1-31(2)15-17-36(30(40)41-8)18-16-34(6)21(22(36)19-31)9-10-25-33(5)13-12-26(32(3,4)24(33)11-14-35(25,34)7)43-29-28(39)27(38)23(37)20-42-29/h9,22-29,37-39H,10-20H2,1-8H3/t22-,23+,24-,25+,26-,27+,28-,29+,33-,34+,35+,36-/m0/s1. The quantitative estimate of drug-likeness (QED) is 0.214. The monoisotopic (exact) mass is 602 g/mol. The van der Waals surface area contributed by atoms with Crippen LogP contribution >= 0.6 is 0 Å². The van der Waals surface area contributed by atoms with E-state index >= 15 is 0 Å². The zero-order valence-corrected chi connectivity index (χ0v) is 27.9. The molecule has 12 atom stereocenters. The van der Waals surface area contributed by atoms with Gasteiger partial charge in [-0.2, -0.15) is 0 Å². The molecular formula is C36H58O7. The second-order valence-electron chi connectivity index (χ2n) is 17.6. The Morgan fingerprint density at radius 1 is 0.884 bits per heavy atom. The fraction of sp³-hybridized carbons (Fsp3) is 0.917. The number of aliphatic hydroxyl groups excluding tert-OH is 3. The van der Waals surface area contributed by atoms with Crippen molar-refractivity contribution in [1.29, 1.82) is 0 Å².